The normalized spacial score (nSPS) is 13.7. The van der Waals surface area contributed by atoms with Gasteiger partial charge in [0.15, 0.2) is 0 Å². The minimum Gasteiger partial charge on any atom is -0.507 e. The molecule has 1 amide bonds. The molecule has 1 aliphatic rings. The number of furan rings is 1. The van der Waals surface area contributed by atoms with Crippen LogP contribution in [0.5, 0.6) is 5.75 Å². The largest absolute Gasteiger partial charge is 0.507 e. The van der Waals surface area contributed by atoms with E-state index in [4.69, 9.17) is 21.0 Å². The number of phenols is 1. The average molecular weight is 476 g/mol. The van der Waals surface area contributed by atoms with Crippen molar-refractivity contribution in [1.29, 1.82) is 0 Å². The van der Waals surface area contributed by atoms with E-state index < -0.39 is 0 Å². The van der Waals surface area contributed by atoms with Gasteiger partial charge in [0, 0.05) is 47.6 Å². The first-order chi connectivity index (χ1) is 16.5. The number of benzene rings is 2. The van der Waals surface area contributed by atoms with Crippen molar-refractivity contribution in [2.45, 2.75) is 26.2 Å². The van der Waals surface area contributed by atoms with Crippen molar-refractivity contribution in [1.82, 2.24) is 9.88 Å². The predicted molar refractivity (Wildman–Crippen MR) is 135 cm³/mol. The molecule has 34 heavy (non-hydrogen) atoms. The maximum atomic E-state index is 11.8. The number of amides is 1. The van der Waals surface area contributed by atoms with E-state index in [1.54, 1.807) is 12.1 Å². The van der Waals surface area contributed by atoms with E-state index in [2.05, 4.69) is 5.32 Å². The number of fused-ring (bicyclic) bond motifs is 1. The number of aromatic nitrogens is 1. The molecule has 0 radical (unpaired) electrons. The van der Waals surface area contributed by atoms with Crippen LogP contribution in [0, 0.1) is 6.92 Å². The molecule has 0 spiro atoms. The van der Waals surface area contributed by atoms with Gasteiger partial charge in [-0.25, -0.2) is 4.98 Å². The number of anilines is 1. The molecule has 0 bridgehead atoms. The SMILES string of the molecule is Cc1cc(O)c(-c2cc(-c3cc4ccccc4o3)cc(NCCCN3CCCC3=O)n2)cc1Cl. The molecular weight excluding hydrogens is 450 g/mol. The van der Waals surface area contributed by atoms with Gasteiger partial charge in [0.1, 0.15) is 22.9 Å². The molecule has 1 aliphatic heterocycles. The number of halogens is 1. The van der Waals surface area contributed by atoms with E-state index >= 15 is 0 Å². The third kappa shape index (κ3) is 4.59. The number of aryl methyl sites for hydroxylation is 1. The Balaban J connectivity index is 1.46. The summed E-state index contributed by atoms with van der Waals surface area (Å²) in [5.74, 6) is 1.73. The van der Waals surface area contributed by atoms with Crippen LogP contribution in [0.3, 0.4) is 0 Å². The van der Waals surface area contributed by atoms with Crippen LogP contribution in [0.1, 0.15) is 24.8 Å². The summed E-state index contributed by atoms with van der Waals surface area (Å²) in [6, 6.07) is 17.1. The Morgan fingerprint density at radius 3 is 2.82 bits per heavy atom. The molecule has 1 saturated heterocycles. The van der Waals surface area contributed by atoms with E-state index in [1.165, 1.54) is 0 Å². The summed E-state index contributed by atoms with van der Waals surface area (Å²) in [6.07, 6.45) is 2.42. The average Bonchev–Trinajstić information content (AvgIpc) is 3.45. The molecule has 7 heteroatoms. The zero-order chi connectivity index (χ0) is 23.7. The fourth-order valence-corrected chi connectivity index (χ4v) is 4.49. The number of nitrogens with zero attached hydrogens (tertiary/aromatic N) is 2. The van der Waals surface area contributed by atoms with E-state index in [-0.39, 0.29) is 11.7 Å². The predicted octanol–water partition coefficient (Wildman–Crippen LogP) is 6.25. The van der Waals surface area contributed by atoms with E-state index in [0.717, 1.165) is 48.0 Å². The van der Waals surface area contributed by atoms with Crippen LogP contribution < -0.4 is 5.32 Å². The highest BCUT2D eigenvalue weighted by atomic mass is 35.5. The smallest absolute Gasteiger partial charge is 0.222 e. The van der Waals surface area contributed by atoms with Gasteiger partial charge in [-0.05, 0) is 61.7 Å². The third-order valence-electron chi connectivity index (χ3n) is 6.17. The Kier molecular flexibility index (Phi) is 6.16. The Hall–Kier alpha value is -3.51. The fraction of sp³-hybridized carbons (Fsp3) is 0.259. The van der Waals surface area contributed by atoms with Crippen molar-refractivity contribution in [2.24, 2.45) is 0 Å². The molecule has 2 N–H and O–H groups in total. The Morgan fingerprint density at radius 1 is 1.18 bits per heavy atom. The lowest BCUT2D eigenvalue weighted by Crippen LogP contribution is -2.27. The quantitative estimate of drug-likeness (QED) is 0.309. The monoisotopic (exact) mass is 475 g/mol. The van der Waals surface area contributed by atoms with E-state index in [1.807, 2.05) is 54.3 Å². The lowest BCUT2D eigenvalue weighted by Gasteiger charge is -2.16. The van der Waals surface area contributed by atoms with Crippen LogP contribution in [0.25, 0.3) is 33.6 Å². The summed E-state index contributed by atoms with van der Waals surface area (Å²) in [5.41, 5.74) is 3.59. The van der Waals surface area contributed by atoms with Gasteiger partial charge in [-0.15, -0.1) is 0 Å². The maximum Gasteiger partial charge on any atom is 0.222 e. The number of nitrogens with one attached hydrogen (secondary N) is 1. The minimum absolute atomic E-state index is 0.120. The van der Waals surface area contributed by atoms with Crippen molar-refractivity contribution in [3.63, 3.8) is 0 Å². The van der Waals surface area contributed by atoms with Gasteiger partial charge in [-0.3, -0.25) is 4.79 Å². The maximum absolute atomic E-state index is 11.8. The van der Waals surface area contributed by atoms with E-state index in [0.29, 0.717) is 40.8 Å². The first-order valence-corrected chi connectivity index (χ1v) is 11.9. The number of likely N-dealkylation sites (tertiary alicyclic amines) is 1. The lowest BCUT2D eigenvalue weighted by molar-refractivity contribution is -0.127. The zero-order valence-corrected chi connectivity index (χ0v) is 19.7. The highest BCUT2D eigenvalue weighted by Crippen LogP contribution is 2.37. The van der Waals surface area contributed by atoms with Crippen LogP contribution in [0.15, 0.2) is 59.0 Å². The second-order valence-electron chi connectivity index (χ2n) is 8.66. The molecule has 0 saturated carbocycles. The lowest BCUT2D eigenvalue weighted by atomic mass is 10.0. The molecule has 0 aliphatic carbocycles. The van der Waals surface area contributed by atoms with Gasteiger partial charge in [0.05, 0.1) is 5.69 Å². The first kappa shape index (κ1) is 22.3. The number of hydrogen-bond acceptors (Lipinski definition) is 5. The molecule has 1 fully saturated rings. The number of carbonyl (C=O) groups is 1. The second kappa shape index (κ2) is 9.39. The number of para-hydroxylation sites is 1. The molecule has 2 aromatic carbocycles. The number of carbonyl (C=O) groups excluding carboxylic acids is 1. The summed E-state index contributed by atoms with van der Waals surface area (Å²) in [4.78, 5) is 18.5. The molecule has 2 aromatic heterocycles. The van der Waals surface area contributed by atoms with Gasteiger partial charge in [-0.2, -0.15) is 0 Å². The van der Waals surface area contributed by atoms with Crippen molar-refractivity contribution in [3.05, 3.63) is 65.2 Å². The summed E-state index contributed by atoms with van der Waals surface area (Å²) < 4.78 is 6.09. The van der Waals surface area contributed by atoms with Gasteiger partial charge < -0.3 is 19.7 Å². The molecule has 5 rings (SSSR count). The Bertz CT molecular complexity index is 1330. The molecule has 4 aromatic rings. The van der Waals surface area contributed by atoms with Gasteiger partial charge >= 0.3 is 0 Å². The topological polar surface area (TPSA) is 78.6 Å². The van der Waals surface area contributed by atoms with Crippen LogP contribution in [-0.4, -0.2) is 40.5 Å². The number of aromatic hydroxyl groups is 1. The third-order valence-corrected chi connectivity index (χ3v) is 6.58. The Morgan fingerprint density at radius 2 is 2.03 bits per heavy atom. The fourth-order valence-electron chi connectivity index (χ4n) is 4.32. The van der Waals surface area contributed by atoms with Crippen LogP contribution in [0.2, 0.25) is 5.02 Å². The molecule has 174 valence electrons. The van der Waals surface area contributed by atoms with Crippen molar-refractivity contribution in [2.75, 3.05) is 25.0 Å². The summed E-state index contributed by atoms with van der Waals surface area (Å²) in [7, 11) is 0. The van der Waals surface area contributed by atoms with E-state index in [9.17, 15) is 9.90 Å². The summed E-state index contributed by atoms with van der Waals surface area (Å²) in [5, 5.41) is 15.6. The van der Waals surface area contributed by atoms with Gasteiger partial charge in [0.25, 0.3) is 0 Å². The molecule has 6 nitrogen and oxygen atoms in total. The number of rotatable bonds is 7. The summed E-state index contributed by atoms with van der Waals surface area (Å²) in [6.45, 7) is 4.09. The molecular formula is C27H26ClN3O3. The Labute approximate surface area is 203 Å². The molecule has 0 atom stereocenters. The summed E-state index contributed by atoms with van der Waals surface area (Å²) >= 11 is 6.36. The van der Waals surface area contributed by atoms with Crippen molar-refractivity contribution >= 4 is 34.3 Å². The first-order valence-electron chi connectivity index (χ1n) is 11.5. The minimum atomic E-state index is 0.120. The van der Waals surface area contributed by atoms with Crippen molar-refractivity contribution in [3.8, 4) is 28.3 Å². The number of phenolic OH excluding ortho intramolecular Hbond substituents is 1. The van der Waals surface area contributed by atoms with Crippen LogP contribution in [0.4, 0.5) is 5.82 Å². The zero-order valence-electron chi connectivity index (χ0n) is 19.0. The number of pyridine rings is 1. The highest BCUT2D eigenvalue weighted by molar-refractivity contribution is 6.31. The van der Waals surface area contributed by atoms with Gasteiger partial charge in [0.2, 0.25) is 5.91 Å². The highest BCUT2D eigenvalue weighted by Gasteiger charge is 2.19. The van der Waals surface area contributed by atoms with Crippen LogP contribution >= 0.6 is 11.6 Å². The second-order valence-corrected chi connectivity index (χ2v) is 9.07. The van der Waals surface area contributed by atoms with Crippen molar-refractivity contribution < 1.29 is 14.3 Å². The van der Waals surface area contributed by atoms with Crippen LogP contribution in [-0.2, 0) is 4.79 Å². The number of hydrogen-bond donors (Lipinski definition) is 2. The molecule has 0 unspecified atom stereocenters. The standard InChI is InChI=1S/C27H26ClN3O3/c1-17-12-23(32)20(16-21(17)28)22-13-19(25-14-18-6-2-3-7-24(18)34-25)15-26(30-22)29-9-5-11-31-10-4-8-27(31)33/h2-3,6-7,12-16,32H,4-5,8-11H2,1H3,(H,29,30). The molecule has 3 heterocycles. The van der Waals surface area contributed by atoms with Gasteiger partial charge in [-0.1, -0.05) is 29.8 Å².